The van der Waals surface area contributed by atoms with Crippen LogP contribution in [0.4, 0.5) is 5.69 Å². The van der Waals surface area contributed by atoms with E-state index in [1.807, 2.05) is 6.07 Å². The predicted molar refractivity (Wildman–Crippen MR) is 62.0 cm³/mol. The van der Waals surface area contributed by atoms with Crippen LogP contribution in [-0.2, 0) is 16.0 Å². The molecule has 0 spiro atoms. The minimum atomic E-state index is -0.310. The highest BCUT2D eigenvalue weighted by molar-refractivity contribution is 9.13. The number of nitrogen functional groups attached to an aromatic ring is 1. The van der Waals surface area contributed by atoms with Gasteiger partial charge in [-0.2, -0.15) is 0 Å². The number of rotatable bonds is 2. The van der Waals surface area contributed by atoms with Crippen molar-refractivity contribution in [3.63, 3.8) is 0 Å². The second kappa shape index (κ2) is 4.79. The Balaban J connectivity index is 3.06. The zero-order chi connectivity index (χ0) is 10.7. The molecule has 2 N–H and O–H groups in total. The van der Waals surface area contributed by atoms with E-state index in [9.17, 15) is 4.79 Å². The lowest BCUT2D eigenvalue weighted by molar-refractivity contribution is -0.139. The Kier molecular flexibility index (Phi) is 3.95. The van der Waals surface area contributed by atoms with Gasteiger partial charge in [0.05, 0.1) is 13.5 Å². The number of halogens is 2. The SMILES string of the molecule is COC(=O)Cc1c(N)ccc(Br)c1Br. The van der Waals surface area contributed by atoms with Gasteiger partial charge < -0.3 is 10.5 Å². The van der Waals surface area contributed by atoms with Crippen LogP contribution in [0.25, 0.3) is 0 Å². The van der Waals surface area contributed by atoms with E-state index >= 15 is 0 Å². The van der Waals surface area contributed by atoms with Crippen molar-refractivity contribution < 1.29 is 9.53 Å². The molecule has 5 heteroatoms. The van der Waals surface area contributed by atoms with Crippen molar-refractivity contribution in [2.45, 2.75) is 6.42 Å². The normalized spacial score (nSPS) is 9.93. The first-order valence-electron chi connectivity index (χ1n) is 3.85. The summed E-state index contributed by atoms with van der Waals surface area (Å²) >= 11 is 6.69. The topological polar surface area (TPSA) is 52.3 Å². The van der Waals surface area contributed by atoms with E-state index in [4.69, 9.17) is 5.73 Å². The van der Waals surface area contributed by atoms with Gasteiger partial charge in [-0.15, -0.1) is 0 Å². The molecular formula is C9H9Br2NO2. The maximum atomic E-state index is 11.1. The third kappa shape index (κ3) is 2.48. The number of anilines is 1. The molecule has 0 fully saturated rings. The summed E-state index contributed by atoms with van der Waals surface area (Å²) in [4.78, 5) is 11.1. The van der Waals surface area contributed by atoms with E-state index < -0.39 is 0 Å². The van der Waals surface area contributed by atoms with Crippen molar-refractivity contribution in [1.29, 1.82) is 0 Å². The average molecular weight is 323 g/mol. The zero-order valence-corrected chi connectivity index (χ0v) is 10.7. The van der Waals surface area contributed by atoms with Crippen molar-refractivity contribution in [2.24, 2.45) is 0 Å². The van der Waals surface area contributed by atoms with E-state index in [1.54, 1.807) is 6.07 Å². The van der Waals surface area contributed by atoms with Crippen LogP contribution in [0.3, 0.4) is 0 Å². The molecule has 0 bridgehead atoms. The first-order valence-corrected chi connectivity index (χ1v) is 5.44. The second-order valence-electron chi connectivity index (χ2n) is 2.68. The molecule has 3 nitrogen and oxygen atoms in total. The smallest absolute Gasteiger partial charge is 0.310 e. The molecule has 0 saturated heterocycles. The third-order valence-corrected chi connectivity index (χ3v) is 3.88. The molecule has 0 aliphatic carbocycles. The van der Waals surface area contributed by atoms with Gasteiger partial charge in [-0.05, 0) is 44.0 Å². The van der Waals surface area contributed by atoms with Gasteiger partial charge in [-0.25, -0.2) is 0 Å². The van der Waals surface area contributed by atoms with E-state index in [0.717, 1.165) is 14.5 Å². The fourth-order valence-electron chi connectivity index (χ4n) is 1.00. The lowest BCUT2D eigenvalue weighted by Crippen LogP contribution is -2.07. The van der Waals surface area contributed by atoms with Crippen LogP contribution in [0.2, 0.25) is 0 Å². The standard InChI is InChI=1S/C9H9Br2NO2/c1-14-8(13)4-5-7(12)3-2-6(10)9(5)11/h2-3H,4,12H2,1H3. The van der Waals surface area contributed by atoms with Crippen LogP contribution < -0.4 is 5.73 Å². The number of hydrogen-bond acceptors (Lipinski definition) is 3. The minimum Gasteiger partial charge on any atom is -0.469 e. The van der Waals surface area contributed by atoms with Gasteiger partial charge in [0.15, 0.2) is 0 Å². The van der Waals surface area contributed by atoms with Crippen LogP contribution in [-0.4, -0.2) is 13.1 Å². The summed E-state index contributed by atoms with van der Waals surface area (Å²) in [6, 6.07) is 3.56. The molecule has 14 heavy (non-hydrogen) atoms. The summed E-state index contributed by atoms with van der Waals surface area (Å²) in [5.41, 5.74) is 7.05. The van der Waals surface area contributed by atoms with Gasteiger partial charge in [-0.3, -0.25) is 4.79 Å². The molecule has 0 unspecified atom stereocenters. The molecule has 0 aliphatic rings. The number of methoxy groups -OCH3 is 1. The van der Waals surface area contributed by atoms with Crippen molar-refractivity contribution in [1.82, 2.24) is 0 Å². The number of esters is 1. The number of nitrogens with two attached hydrogens (primary N) is 1. The second-order valence-corrected chi connectivity index (χ2v) is 4.33. The number of carbonyl (C=O) groups is 1. The number of ether oxygens (including phenoxy) is 1. The molecular weight excluding hydrogens is 314 g/mol. The van der Waals surface area contributed by atoms with Gasteiger partial charge in [0.25, 0.3) is 0 Å². The fraction of sp³-hybridized carbons (Fsp3) is 0.222. The lowest BCUT2D eigenvalue weighted by Gasteiger charge is -2.08. The summed E-state index contributed by atoms with van der Waals surface area (Å²) < 4.78 is 6.23. The van der Waals surface area contributed by atoms with Gasteiger partial charge in [0, 0.05) is 20.2 Å². The monoisotopic (exact) mass is 321 g/mol. The van der Waals surface area contributed by atoms with Gasteiger partial charge in [-0.1, -0.05) is 0 Å². The van der Waals surface area contributed by atoms with E-state index in [2.05, 4.69) is 36.6 Å². The molecule has 0 saturated carbocycles. The molecule has 0 heterocycles. The molecule has 0 atom stereocenters. The molecule has 0 aliphatic heterocycles. The summed E-state index contributed by atoms with van der Waals surface area (Å²) in [5.74, 6) is -0.310. The fourth-order valence-corrected chi connectivity index (χ4v) is 1.88. The van der Waals surface area contributed by atoms with Crippen LogP contribution in [0.5, 0.6) is 0 Å². The van der Waals surface area contributed by atoms with Crippen LogP contribution in [0.15, 0.2) is 21.1 Å². The highest BCUT2D eigenvalue weighted by atomic mass is 79.9. The first kappa shape index (κ1) is 11.5. The molecule has 1 rings (SSSR count). The van der Waals surface area contributed by atoms with Gasteiger partial charge in [0.1, 0.15) is 0 Å². The Morgan fingerprint density at radius 1 is 1.50 bits per heavy atom. The maximum absolute atomic E-state index is 11.1. The third-order valence-electron chi connectivity index (χ3n) is 1.78. The molecule has 0 aromatic heterocycles. The summed E-state index contributed by atoms with van der Waals surface area (Å²) in [7, 11) is 1.35. The largest absolute Gasteiger partial charge is 0.469 e. The van der Waals surface area contributed by atoms with Crippen LogP contribution >= 0.6 is 31.9 Å². The van der Waals surface area contributed by atoms with E-state index in [-0.39, 0.29) is 12.4 Å². The molecule has 0 amide bonds. The van der Waals surface area contributed by atoms with Crippen molar-refractivity contribution in [3.05, 3.63) is 26.6 Å². The maximum Gasteiger partial charge on any atom is 0.310 e. The quantitative estimate of drug-likeness (QED) is 0.672. The Labute approximate surface area is 98.9 Å². The Morgan fingerprint density at radius 3 is 2.71 bits per heavy atom. The first-order chi connectivity index (χ1) is 6.56. The summed E-state index contributed by atoms with van der Waals surface area (Å²) in [6.07, 6.45) is 0.169. The molecule has 1 aromatic rings. The van der Waals surface area contributed by atoms with Crippen molar-refractivity contribution in [3.8, 4) is 0 Å². The van der Waals surface area contributed by atoms with Gasteiger partial charge in [0.2, 0.25) is 0 Å². The Bertz CT molecular complexity index is 366. The average Bonchev–Trinajstić information content (AvgIpc) is 2.18. The van der Waals surface area contributed by atoms with E-state index in [1.165, 1.54) is 7.11 Å². The van der Waals surface area contributed by atoms with E-state index in [0.29, 0.717) is 5.69 Å². The number of benzene rings is 1. The molecule has 0 radical (unpaired) electrons. The zero-order valence-electron chi connectivity index (χ0n) is 7.51. The highest BCUT2D eigenvalue weighted by Gasteiger charge is 2.12. The number of carbonyl (C=O) groups excluding carboxylic acids is 1. The van der Waals surface area contributed by atoms with Crippen LogP contribution in [0.1, 0.15) is 5.56 Å². The number of hydrogen-bond donors (Lipinski definition) is 1. The van der Waals surface area contributed by atoms with Gasteiger partial charge >= 0.3 is 5.97 Å². The van der Waals surface area contributed by atoms with Crippen molar-refractivity contribution in [2.75, 3.05) is 12.8 Å². The van der Waals surface area contributed by atoms with Crippen LogP contribution in [0, 0.1) is 0 Å². The molecule has 1 aromatic carbocycles. The summed E-state index contributed by atoms with van der Waals surface area (Å²) in [6.45, 7) is 0. The molecule has 76 valence electrons. The summed E-state index contributed by atoms with van der Waals surface area (Å²) in [5, 5.41) is 0. The lowest BCUT2D eigenvalue weighted by atomic mass is 10.1. The highest BCUT2D eigenvalue weighted by Crippen LogP contribution is 2.31. The minimum absolute atomic E-state index is 0.169. The Hall–Kier alpha value is -0.550. The Morgan fingerprint density at radius 2 is 2.14 bits per heavy atom. The predicted octanol–water partition coefficient (Wildman–Crippen LogP) is 2.51. The van der Waals surface area contributed by atoms with Crippen molar-refractivity contribution >= 4 is 43.5 Å².